The Morgan fingerprint density at radius 2 is 1.90 bits per heavy atom. The van der Waals surface area contributed by atoms with E-state index in [0.29, 0.717) is 17.6 Å². The van der Waals surface area contributed by atoms with Crippen LogP contribution in [-0.2, 0) is 0 Å². The molecule has 3 rings (SSSR count). The summed E-state index contributed by atoms with van der Waals surface area (Å²) in [4.78, 5) is 6.58. The van der Waals surface area contributed by atoms with E-state index in [2.05, 4.69) is 65.4 Å². The molecule has 1 atom stereocenters. The van der Waals surface area contributed by atoms with E-state index in [4.69, 9.17) is 5.73 Å². The van der Waals surface area contributed by atoms with Crippen molar-refractivity contribution < 1.29 is 0 Å². The third-order valence-corrected chi connectivity index (χ3v) is 3.79. The smallest absolute Gasteiger partial charge is 0.207 e. The molecule has 6 heteroatoms. The first kappa shape index (κ1) is 13.5. The Bertz CT molecular complexity index is 759. The minimum absolute atomic E-state index is 0.371. The Morgan fingerprint density at radius 1 is 1.19 bits per heavy atom. The van der Waals surface area contributed by atoms with E-state index in [-0.39, 0.29) is 0 Å². The number of nitrogen functional groups attached to an aromatic ring is 1. The van der Waals surface area contributed by atoms with Crippen LogP contribution >= 0.6 is 0 Å². The van der Waals surface area contributed by atoms with Gasteiger partial charge in [0.2, 0.25) is 5.95 Å². The standard InChI is InChI=1S/C15H18N6/c1-10(20(2)3)11-4-6-12(7-5-11)13-8-14-19-17-9-21(14)15(16)18-13/h4-10H,1-3H3,(H2,16,18). The van der Waals surface area contributed by atoms with Gasteiger partial charge in [0.05, 0.1) is 5.69 Å². The summed E-state index contributed by atoms with van der Waals surface area (Å²) in [6, 6.07) is 10.6. The van der Waals surface area contributed by atoms with Gasteiger partial charge in [-0.05, 0) is 26.6 Å². The van der Waals surface area contributed by atoms with Crippen LogP contribution in [0.15, 0.2) is 36.7 Å². The summed E-state index contributed by atoms with van der Waals surface area (Å²) < 4.78 is 1.66. The molecule has 0 radical (unpaired) electrons. The molecule has 1 aromatic carbocycles. The van der Waals surface area contributed by atoms with Crippen LogP contribution in [0.2, 0.25) is 0 Å². The third kappa shape index (κ3) is 2.45. The predicted octanol–water partition coefficient (Wildman–Crippen LogP) is 2.00. The van der Waals surface area contributed by atoms with Crippen molar-refractivity contribution in [1.82, 2.24) is 24.5 Å². The van der Waals surface area contributed by atoms with E-state index >= 15 is 0 Å². The lowest BCUT2D eigenvalue weighted by atomic mass is 10.0. The van der Waals surface area contributed by atoms with Gasteiger partial charge in [0.25, 0.3) is 0 Å². The predicted molar refractivity (Wildman–Crippen MR) is 82.7 cm³/mol. The van der Waals surface area contributed by atoms with Gasteiger partial charge in [-0.2, -0.15) is 0 Å². The van der Waals surface area contributed by atoms with Gasteiger partial charge in [-0.25, -0.2) is 4.98 Å². The van der Waals surface area contributed by atoms with Crippen LogP contribution in [0, 0.1) is 0 Å². The maximum atomic E-state index is 5.92. The average Bonchev–Trinajstić information content (AvgIpc) is 2.95. The molecule has 1 unspecified atom stereocenters. The number of nitrogens with zero attached hydrogens (tertiary/aromatic N) is 5. The largest absolute Gasteiger partial charge is 0.369 e. The van der Waals surface area contributed by atoms with E-state index in [0.717, 1.165) is 11.3 Å². The minimum atomic E-state index is 0.371. The zero-order valence-electron chi connectivity index (χ0n) is 12.4. The number of benzene rings is 1. The van der Waals surface area contributed by atoms with Crippen LogP contribution in [0.3, 0.4) is 0 Å². The zero-order valence-corrected chi connectivity index (χ0v) is 12.4. The monoisotopic (exact) mass is 282 g/mol. The van der Waals surface area contributed by atoms with Crippen molar-refractivity contribution >= 4 is 11.6 Å². The molecule has 3 aromatic rings. The molecule has 2 aromatic heterocycles. The molecule has 2 heterocycles. The Morgan fingerprint density at radius 3 is 2.57 bits per heavy atom. The van der Waals surface area contributed by atoms with Crippen LogP contribution in [0.1, 0.15) is 18.5 Å². The van der Waals surface area contributed by atoms with Gasteiger partial charge in [-0.15, -0.1) is 10.2 Å². The number of anilines is 1. The second-order valence-corrected chi connectivity index (χ2v) is 5.32. The van der Waals surface area contributed by atoms with Gasteiger partial charge in [0.1, 0.15) is 6.33 Å². The minimum Gasteiger partial charge on any atom is -0.369 e. The number of fused-ring (bicyclic) bond motifs is 1. The molecule has 0 saturated heterocycles. The molecule has 0 aliphatic carbocycles. The second kappa shape index (κ2) is 5.14. The molecule has 6 nitrogen and oxygen atoms in total. The van der Waals surface area contributed by atoms with Crippen molar-refractivity contribution in [3.63, 3.8) is 0 Å². The van der Waals surface area contributed by atoms with E-state index in [1.165, 1.54) is 5.56 Å². The van der Waals surface area contributed by atoms with Crippen LogP contribution < -0.4 is 5.73 Å². The van der Waals surface area contributed by atoms with E-state index < -0.39 is 0 Å². The molecule has 0 bridgehead atoms. The zero-order chi connectivity index (χ0) is 15.0. The van der Waals surface area contributed by atoms with Gasteiger partial charge in [0.15, 0.2) is 5.65 Å². The Hall–Kier alpha value is -2.47. The normalized spacial score (nSPS) is 13.0. The van der Waals surface area contributed by atoms with Gasteiger partial charge in [-0.3, -0.25) is 4.40 Å². The van der Waals surface area contributed by atoms with Crippen LogP contribution in [0.25, 0.3) is 16.9 Å². The number of aromatic nitrogens is 4. The SMILES string of the molecule is CC(c1ccc(-c2cc3nncn3c(N)n2)cc1)N(C)C. The first-order chi connectivity index (χ1) is 10.1. The van der Waals surface area contributed by atoms with Gasteiger partial charge in [-0.1, -0.05) is 24.3 Å². The molecule has 21 heavy (non-hydrogen) atoms. The van der Waals surface area contributed by atoms with Crippen LogP contribution in [-0.4, -0.2) is 38.6 Å². The van der Waals surface area contributed by atoms with Crippen molar-refractivity contribution in [2.75, 3.05) is 19.8 Å². The fraction of sp³-hybridized carbons (Fsp3) is 0.267. The lowest BCUT2D eigenvalue weighted by molar-refractivity contribution is 0.321. The van der Waals surface area contributed by atoms with Gasteiger partial charge >= 0.3 is 0 Å². The lowest BCUT2D eigenvalue weighted by Gasteiger charge is -2.20. The summed E-state index contributed by atoms with van der Waals surface area (Å²) in [5, 5.41) is 7.86. The van der Waals surface area contributed by atoms with Crippen molar-refractivity contribution in [2.45, 2.75) is 13.0 Å². The number of nitrogens with two attached hydrogens (primary N) is 1. The quantitative estimate of drug-likeness (QED) is 0.795. The van der Waals surface area contributed by atoms with Gasteiger partial charge in [0, 0.05) is 17.7 Å². The summed E-state index contributed by atoms with van der Waals surface area (Å²) in [6.07, 6.45) is 1.56. The Labute approximate surface area is 123 Å². The van der Waals surface area contributed by atoms with Crippen LogP contribution in [0.5, 0.6) is 0 Å². The molecule has 0 aliphatic rings. The first-order valence-corrected chi connectivity index (χ1v) is 6.79. The van der Waals surface area contributed by atoms with E-state index in [1.807, 2.05) is 6.07 Å². The Kier molecular flexibility index (Phi) is 3.31. The first-order valence-electron chi connectivity index (χ1n) is 6.79. The van der Waals surface area contributed by atoms with Crippen molar-refractivity contribution in [3.8, 4) is 11.3 Å². The van der Waals surface area contributed by atoms with Gasteiger partial charge < -0.3 is 10.6 Å². The fourth-order valence-corrected chi connectivity index (χ4v) is 2.23. The van der Waals surface area contributed by atoms with E-state index in [9.17, 15) is 0 Å². The lowest BCUT2D eigenvalue weighted by Crippen LogP contribution is -2.16. The summed E-state index contributed by atoms with van der Waals surface area (Å²) in [5.74, 6) is 0.387. The van der Waals surface area contributed by atoms with Crippen LogP contribution in [0.4, 0.5) is 5.95 Å². The number of hydrogen-bond donors (Lipinski definition) is 1. The Balaban J connectivity index is 1.99. The molecule has 0 saturated carbocycles. The molecule has 0 aliphatic heterocycles. The van der Waals surface area contributed by atoms with Crippen molar-refractivity contribution in [1.29, 1.82) is 0 Å². The summed E-state index contributed by atoms with van der Waals surface area (Å²) >= 11 is 0. The second-order valence-electron chi connectivity index (χ2n) is 5.32. The highest BCUT2D eigenvalue weighted by Gasteiger charge is 2.10. The van der Waals surface area contributed by atoms with Crippen molar-refractivity contribution in [3.05, 3.63) is 42.2 Å². The molecular formula is C15H18N6. The molecular weight excluding hydrogens is 264 g/mol. The maximum absolute atomic E-state index is 5.92. The molecule has 0 fully saturated rings. The highest BCUT2D eigenvalue weighted by atomic mass is 15.3. The fourth-order valence-electron chi connectivity index (χ4n) is 2.23. The molecule has 2 N–H and O–H groups in total. The maximum Gasteiger partial charge on any atom is 0.207 e. The van der Waals surface area contributed by atoms with E-state index in [1.54, 1.807) is 10.7 Å². The molecule has 108 valence electrons. The highest BCUT2D eigenvalue weighted by molar-refractivity contribution is 5.65. The van der Waals surface area contributed by atoms with Crippen molar-refractivity contribution in [2.24, 2.45) is 0 Å². The number of hydrogen-bond acceptors (Lipinski definition) is 5. The third-order valence-electron chi connectivity index (χ3n) is 3.79. The topological polar surface area (TPSA) is 72.3 Å². The number of rotatable bonds is 3. The summed E-state index contributed by atoms with van der Waals surface area (Å²) in [5.41, 5.74) is 9.70. The average molecular weight is 282 g/mol. The highest BCUT2D eigenvalue weighted by Crippen LogP contribution is 2.23. The summed E-state index contributed by atoms with van der Waals surface area (Å²) in [7, 11) is 4.14. The summed E-state index contributed by atoms with van der Waals surface area (Å²) in [6.45, 7) is 2.17. The molecule has 0 spiro atoms. The molecule has 0 amide bonds.